The van der Waals surface area contributed by atoms with Gasteiger partial charge in [0.2, 0.25) is 0 Å². The predicted molar refractivity (Wildman–Crippen MR) is 111 cm³/mol. The first-order valence-corrected chi connectivity index (χ1v) is 9.62. The summed E-state index contributed by atoms with van der Waals surface area (Å²) in [7, 11) is 0. The number of carbonyl (C=O) groups is 3. The van der Waals surface area contributed by atoms with Gasteiger partial charge in [-0.1, -0.05) is 42.5 Å². The fraction of sp³-hybridized carbons (Fsp3) is 0.167. The Morgan fingerprint density at radius 2 is 1.58 bits per heavy atom. The third-order valence-corrected chi connectivity index (χ3v) is 4.52. The Hall–Kier alpha value is -4.18. The number of carbonyl (C=O) groups excluding carboxylic acids is 3. The van der Waals surface area contributed by atoms with Gasteiger partial charge in [-0.15, -0.1) is 0 Å². The Balaban J connectivity index is 1.58. The van der Waals surface area contributed by atoms with Crippen LogP contribution in [0.2, 0.25) is 0 Å². The van der Waals surface area contributed by atoms with Crippen molar-refractivity contribution in [3.05, 3.63) is 95.4 Å². The Morgan fingerprint density at radius 1 is 0.903 bits per heavy atom. The van der Waals surface area contributed by atoms with Crippen molar-refractivity contribution in [2.45, 2.75) is 13.0 Å². The molecule has 3 rings (SSSR count). The van der Waals surface area contributed by atoms with Crippen molar-refractivity contribution in [2.75, 3.05) is 13.2 Å². The summed E-state index contributed by atoms with van der Waals surface area (Å²) in [5, 5.41) is 8.80. The van der Waals surface area contributed by atoms with Gasteiger partial charge in [-0.25, -0.2) is 4.79 Å². The number of nitriles is 1. The molecule has 156 valence electrons. The second kappa shape index (κ2) is 10.6. The topological polar surface area (TPSA) is 101 Å². The minimum Gasteiger partial charge on any atom is -0.467 e. The molecular weight excluding hydrogens is 396 g/mol. The number of nitrogens with zero attached hydrogens (tertiary/aromatic N) is 2. The van der Waals surface area contributed by atoms with E-state index in [9.17, 15) is 14.4 Å². The molecule has 0 aliphatic carbocycles. The monoisotopic (exact) mass is 416 g/mol. The van der Waals surface area contributed by atoms with Gasteiger partial charge < -0.3 is 14.1 Å². The molecule has 1 aromatic heterocycles. The summed E-state index contributed by atoms with van der Waals surface area (Å²) in [4.78, 5) is 38.6. The molecule has 0 aliphatic heterocycles. The van der Waals surface area contributed by atoms with Crippen molar-refractivity contribution in [1.29, 1.82) is 5.26 Å². The standard InChI is InChI=1S/C24H20N2O5/c25-13-5-14-26(16-21-8-4-15-30-21)22(27)17-31-24(29)20-11-9-19(10-12-20)23(28)18-6-2-1-3-7-18/h1-4,6-12,15H,5,14,16-17H2. The highest BCUT2D eigenvalue weighted by Crippen LogP contribution is 2.12. The van der Waals surface area contributed by atoms with E-state index in [2.05, 4.69) is 0 Å². The first kappa shape index (κ1) is 21.5. The van der Waals surface area contributed by atoms with Gasteiger partial charge >= 0.3 is 5.97 Å². The van der Waals surface area contributed by atoms with Crippen LogP contribution in [0.5, 0.6) is 0 Å². The fourth-order valence-corrected chi connectivity index (χ4v) is 2.88. The molecule has 0 bridgehead atoms. The van der Waals surface area contributed by atoms with E-state index >= 15 is 0 Å². The molecule has 0 saturated heterocycles. The third kappa shape index (κ3) is 5.90. The number of ketones is 1. The molecule has 7 nitrogen and oxygen atoms in total. The first-order chi connectivity index (χ1) is 15.1. The van der Waals surface area contributed by atoms with Gasteiger partial charge in [0.25, 0.3) is 5.91 Å². The summed E-state index contributed by atoms with van der Waals surface area (Å²) < 4.78 is 10.4. The number of amides is 1. The van der Waals surface area contributed by atoms with Crippen LogP contribution in [0.3, 0.4) is 0 Å². The number of ether oxygens (including phenoxy) is 1. The zero-order valence-corrected chi connectivity index (χ0v) is 16.7. The normalized spacial score (nSPS) is 10.2. The molecule has 0 saturated carbocycles. The maximum atomic E-state index is 12.5. The van der Waals surface area contributed by atoms with Gasteiger partial charge in [-0.05, 0) is 24.3 Å². The number of rotatable bonds is 9. The van der Waals surface area contributed by atoms with Crippen LogP contribution in [0.25, 0.3) is 0 Å². The van der Waals surface area contributed by atoms with Gasteiger partial charge in [0, 0.05) is 17.7 Å². The highest BCUT2D eigenvalue weighted by molar-refractivity contribution is 6.09. The smallest absolute Gasteiger partial charge is 0.338 e. The quantitative estimate of drug-likeness (QED) is 0.390. The van der Waals surface area contributed by atoms with E-state index in [0.29, 0.717) is 16.9 Å². The lowest BCUT2D eigenvalue weighted by molar-refractivity contribution is -0.135. The minimum atomic E-state index is -0.676. The van der Waals surface area contributed by atoms with Gasteiger partial charge in [0.1, 0.15) is 5.76 Å². The summed E-state index contributed by atoms with van der Waals surface area (Å²) in [6.07, 6.45) is 1.64. The van der Waals surface area contributed by atoms with E-state index in [1.165, 1.54) is 23.3 Å². The number of esters is 1. The van der Waals surface area contributed by atoms with Gasteiger partial charge in [-0.2, -0.15) is 5.26 Å². The van der Waals surface area contributed by atoms with Crippen LogP contribution in [-0.2, 0) is 16.1 Å². The number of benzene rings is 2. The highest BCUT2D eigenvalue weighted by Gasteiger charge is 2.18. The van der Waals surface area contributed by atoms with Crippen LogP contribution in [-0.4, -0.2) is 35.7 Å². The minimum absolute atomic E-state index is 0.150. The van der Waals surface area contributed by atoms with Crippen molar-refractivity contribution in [3.8, 4) is 6.07 Å². The van der Waals surface area contributed by atoms with E-state index in [-0.39, 0.29) is 30.9 Å². The van der Waals surface area contributed by atoms with E-state index in [4.69, 9.17) is 14.4 Å². The van der Waals surface area contributed by atoms with Gasteiger partial charge in [-0.3, -0.25) is 9.59 Å². The average Bonchev–Trinajstić information content (AvgIpc) is 3.33. The van der Waals surface area contributed by atoms with Crippen molar-refractivity contribution < 1.29 is 23.5 Å². The molecule has 0 aliphatic rings. The number of hydrogen-bond acceptors (Lipinski definition) is 6. The second-order valence-corrected chi connectivity index (χ2v) is 6.65. The molecule has 7 heteroatoms. The lowest BCUT2D eigenvalue weighted by Crippen LogP contribution is -2.35. The lowest BCUT2D eigenvalue weighted by Gasteiger charge is -2.20. The summed E-state index contributed by atoms with van der Waals surface area (Å²) in [5.74, 6) is -0.695. The average molecular weight is 416 g/mol. The zero-order valence-electron chi connectivity index (χ0n) is 16.7. The van der Waals surface area contributed by atoms with Crippen molar-refractivity contribution >= 4 is 17.7 Å². The molecule has 0 unspecified atom stereocenters. The SMILES string of the molecule is N#CCCN(Cc1ccco1)C(=O)COC(=O)c1ccc(C(=O)c2ccccc2)cc1. The molecule has 0 radical (unpaired) electrons. The van der Waals surface area contributed by atoms with E-state index < -0.39 is 18.5 Å². The molecule has 0 spiro atoms. The van der Waals surface area contributed by atoms with Crippen LogP contribution in [0.1, 0.15) is 38.5 Å². The fourth-order valence-electron chi connectivity index (χ4n) is 2.88. The summed E-state index contributed by atoms with van der Waals surface area (Å²) in [6.45, 7) is -0.0824. The van der Waals surface area contributed by atoms with Crippen LogP contribution in [0.4, 0.5) is 0 Å². The van der Waals surface area contributed by atoms with Crippen LogP contribution < -0.4 is 0 Å². The Labute approximate surface area is 179 Å². The Morgan fingerprint density at radius 3 is 2.23 bits per heavy atom. The Bertz CT molecular complexity index is 1070. The molecule has 3 aromatic rings. The Kier molecular flexibility index (Phi) is 7.33. The zero-order chi connectivity index (χ0) is 22.1. The van der Waals surface area contributed by atoms with Gasteiger partial charge in [0.05, 0.1) is 30.9 Å². The van der Waals surface area contributed by atoms with Gasteiger partial charge in [0.15, 0.2) is 12.4 Å². The molecule has 2 aromatic carbocycles. The van der Waals surface area contributed by atoms with Crippen LogP contribution >= 0.6 is 0 Å². The second-order valence-electron chi connectivity index (χ2n) is 6.65. The molecular formula is C24H20N2O5. The van der Waals surface area contributed by atoms with Crippen LogP contribution in [0, 0.1) is 11.3 Å². The van der Waals surface area contributed by atoms with Crippen LogP contribution in [0.15, 0.2) is 77.4 Å². The molecule has 0 fully saturated rings. The van der Waals surface area contributed by atoms with Crippen molar-refractivity contribution in [2.24, 2.45) is 0 Å². The van der Waals surface area contributed by atoms with Crippen molar-refractivity contribution in [1.82, 2.24) is 4.90 Å². The molecule has 1 heterocycles. The highest BCUT2D eigenvalue weighted by atomic mass is 16.5. The molecule has 0 atom stereocenters. The maximum Gasteiger partial charge on any atom is 0.338 e. The first-order valence-electron chi connectivity index (χ1n) is 9.62. The van der Waals surface area contributed by atoms with E-state index in [1.807, 2.05) is 12.1 Å². The van der Waals surface area contributed by atoms with E-state index in [1.54, 1.807) is 48.5 Å². The summed E-state index contributed by atoms with van der Waals surface area (Å²) in [6, 6.07) is 20.3. The lowest BCUT2D eigenvalue weighted by atomic mass is 10.0. The van der Waals surface area contributed by atoms with Crippen molar-refractivity contribution in [3.63, 3.8) is 0 Å². The maximum absolute atomic E-state index is 12.5. The largest absolute Gasteiger partial charge is 0.467 e. The molecule has 31 heavy (non-hydrogen) atoms. The summed E-state index contributed by atoms with van der Waals surface area (Å²) in [5.41, 5.74) is 1.23. The van der Waals surface area contributed by atoms with E-state index in [0.717, 1.165) is 0 Å². The summed E-state index contributed by atoms with van der Waals surface area (Å²) >= 11 is 0. The number of hydrogen-bond donors (Lipinski definition) is 0. The predicted octanol–water partition coefficient (Wildman–Crippen LogP) is 3.61. The number of furan rings is 1. The molecule has 0 N–H and O–H groups in total. The molecule has 1 amide bonds. The third-order valence-electron chi connectivity index (χ3n) is 4.52.